The van der Waals surface area contributed by atoms with E-state index in [9.17, 15) is 15.0 Å². The normalized spacial score (nSPS) is 11.3. The molecule has 1 aromatic carbocycles. The lowest BCUT2D eigenvalue weighted by atomic mass is 10.3. The van der Waals surface area contributed by atoms with Gasteiger partial charge >= 0.3 is 5.97 Å². The molecular formula is C14H9ClN4O3. The maximum Gasteiger partial charge on any atom is 0.358 e. The van der Waals surface area contributed by atoms with Gasteiger partial charge in [0.25, 0.3) is 0 Å². The number of benzene rings is 1. The molecule has 0 saturated heterocycles. The number of hydrogen-bond acceptors (Lipinski definition) is 5. The molecule has 3 rings (SSSR count). The lowest BCUT2D eigenvalue weighted by molar-refractivity contribution is 0.0692. The van der Waals surface area contributed by atoms with Crippen LogP contribution in [0.1, 0.15) is 10.5 Å². The van der Waals surface area contributed by atoms with Crippen LogP contribution in [-0.2, 0) is 0 Å². The van der Waals surface area contributed by atoms with Crippen LogP contribution in [0.3, 0.4) is 0 Å². The first kappa shape index (κ1) is 14.0. The number of phenolic OH excluding ortho intramolecular Hbond substituents is 1. The summed E-state index contributed by atoms with van der Waals surface area (Å²) >= 11 is 5.92. The molecule has 2 N–H and O–H groups in total. The minimum absolute atomic E-state index is 0.0677. The molecule has 0 aliphatic heterocycles. The van der Waals surface area contributed by atoms with E-state index in [0.29, 0.717) is 16.4 Å². The van der Waals surface area contributed by atoms with Crippen LogP contribution in [0.4, 0.5) is 11.5 Å². The van der Waals surface area contributed by atoms with Crippen molar-refractivity contribution in [2.45, 2.75) is 0 Å². The summed E-state index contributed by atoms with van der Waals surface area (Å²) in [5.41, 5.74) is 0.650. The quantitative estimate of drug-likeness (QED) is 0.717. The lowest BCUT2D eigenvalue weighted by Gasteiger charge is -1.97. The van der Waals surface area contributed by atoms with Gasteiger partial charge in [-0.2, -0.15) is 0 Å². The van der Waals surface area contributed by atoms with Crippen LogP contribution >= 0.6 is 11.6 Å². The first-order valence-corrected chi connectivity index (χ1v) is 6.54. The summed E-state index contributed by atoms with van der Waals surface area (Å²) < 4.78 is 1.45. The van der Waals surface area contributed by atoms with E-state index in [2.05, 4.69) is 15.2 Å². The number of carboxylic acid groups (broad SMARTS) is 1. The molecule has 0 radical (unpaired) electrons. The van der Waals surface area contributed by atoms with Crippen molar-refractivity contribution in [2.75, 3.05) is 0 Å². The number of aromatic hydroxyl groups is 1. The maximum absolute atomic E-state index is 11.3. The van der Waals surface area contributed by atoms with Gasteiger partial charge in [0.15, 0.2) is 11.5 Å². The number of nitrogens with zero attached hydrogens (tertiary/aromatic N) is 4. The highest BCUT2D eigenvalue weighted by molar-refractivity contribution is 6.30. The van der Waals surface area contributed by atoms with Crippen molar-refractivity contribution in [1.82, 2.24) is 9.38 Å². The third kappa shape index (κ3) is 2.61. The molecule has 2 heterocycles. The third-order valence-electron chi connectivity index (χ3n) is 2.87. The number of carboxylic acids is 1. The van der Waals surface area contributed by atoms with Crippen LogP contribution in [0.15, 0.2) is 52.8 Å². The molecule has 0 fully saturated rings. The molecule has 0 saturated carbocycles. The summed E-state index contributed by atoms with van der Waals surface area (Å²) in [5.74, 6) is -1.04. The standard InChI is InChI=1S/C14H9ClN4O3/c15-8-1-6-11-16-12(14(21)22)13(19(11)7-8)18-17-9-2-4-10(20)5-3-9/h1-7,20H,(H,21,22). The summed E-state index contributed by atoms with van der Waals surface area (Å²) in [6.45, 7) is 0. The number of rotatable bonds is 3. The van der Waals surface area contributed by atoms with Gasteiger partial charge in [0.1, 0.15) is 11.4 Å². The van der Waals surface area contributed by atoms with Gasteiger partial charge < -0.3 is 10.2 Å². The van der Waals surface area contributed by atoms with Gasteiger partial charge in [-0.05, 0) is 36.4 Å². The molecule has 8 heteroatoms. The smallest absolute Gasteiger partial charge is 0.358 e. The predicted octanol–water partition coefficient (Wildman–Crippen LogP) is 3.81. The number of aromatic nitrogens is 2. The van der Waals surface area contributed by atoms with Crippen LogP contribution in [0.2, 0.25) is 5.02 Å². The number of aromatic carboxylic acids is 1. The molecule has 2 aromatic heterocycles. The Kier molecular flexibility index (Phi) is 3.48. The first-order chi connectivity index (χ1) is 10.5. The van der Waals surface area contributed by atoms with Crippen molar-refractivity contribution >= 4 is 34.7 Å². The second-order valence-electron chi connectivity index (χ2n) is 4.38. The fourth-order valence-corrected chi connectivity index (χ4v) is 2.03. The van der Waals surface area contributed by atoms with Crippen molar-refractivity contribution in [3.63, 3.8) is 0 Å². The van der Waals surface area contributed by atoms with Gasteiger partial charge in [-0.25, -0.2) is 9.78 Å². The van der Waals surface area contributed by atoms with Gasteiger partial charge in [-0.15, -0.1) is 10.2 Å². The molecule has 3 aromatic rings. The van der Waals surface area contributed by atoms with Gasteiger partial charge in [0.2, 0.25) is 0 Å². The molecule has 0 aliphatic carbocycles. The van der Waals surface area contributed by atoms with Crippen molar-refractivity contribution in [3.05, 3.63) is 53.3 Å². The van der Waals surface area contributed by atoms with Crippen LogP contribution in [0.5, 0.6) is 5.75 Å². The number of fused-ring (bicyclic) bond motifs is 1. The topological polar surface area (TPSA) is 99.5 Å². The van der Waals surface area contributed by atoms with Crippen LogP contribution in [0.25, 0.3) is 5.65 Å². The molecule has 0 amide bonds. The van der Waals surface area contributed by atoms with E-state index < -0.39 is 5.97 Å². The molecule has 7 nitrogen and oxygen atoms in total. The Morgan fingerprint density at radius 1 is 1.14 bits per heavy atom. The lowest BCUT2D eigenvalue weighted by Crippen LogP contribution is -1.96. The number of halogens is 1. The van der Waals surface area contributed by atoms with Gasteiger partial charge in [0, 0.05) is 6.20 Å². The summed E-state index contributed by atoms with van der Waals surface area (Å²) in [7, 11) is 0. The highest BCUT2D eigenvalue weighted by atomic mass is 35.5. The summed E-state index contributed by atoms with van der Waals surface area (Å²) in [6, 6.07) is 9.21. The number of phenols is 1. The highest BCUT2D eigenvalue weighted by Gasteiger charge is 2.18. The van der Waals surface area contributed by atoms with Crippen molar-refractivity contribution in [2.24, 2.45) is 10.2 Å². The molecule has 0 aliphatic rings. The highest BCUT2D eigenvalue weighted by Crippen LogP contribution is 2.26. The summed E-state index contributed by atoms with van der Waals surface area (Å²) in [4.78, 5) is 15.3. The molecule has 0 bridgehead atoms. The third-order valence-corrected chi connectivity index (χ3v) is 3.09. The van der Waals surface area contributed by atoms with Crippen molar-refractivity contribution in [3.8, 4) is 5.75 Å². The van der Waals surface area contributed by atoms with E-state index in [1.165, 1.54) is 22.7 Å². The first-order valence-electron chi connectivity index (χ1n) is 6.16. The van der Waals surface area contributed by atoms with Gasteiger partial charge in [-0.3, -0.25) is 4.40 Å². The predicted molar refractivity (Wildman–Crippen MR) is 79.4 cm³/mol. The fourth-order valence-electron chi connectivity index (χ4n) is 1.87. The second kappa shape index (κ2) is 5.45. The monoisotopic (exact) mass is 316 g/mol. The number of imidazole rings is 1. The number of hydrogen-bond donors (Lipinski definition) is 2. The zero-order chi connectivity index (χ0) is 15.7. The summed E-state index contributed by atoms with van der Waals surface area (Å²) in [6.07, 6.45) is 1.52. The fraction of sp³-hybridized carbons (Fsp3) is 0. The minimum Gasteiger partial charge on any atom is -0.508 e. The van der Waals surface area contributed by atoms with Crippen LogP contribution in [0, 0.1) is 0 Å². The Bertz CT molecular complexity index is 887. The Labute approximate surface area is 129 Å². The Morgan fingerprint density at radius 2 is 1.86 bits per heavy atom. The summed E-state index contributed by atoms with van der Waals surface area (Å²) in [5, 5.41) is 26.8. The zero-order valence-electron chi connectivity index (χ0n) is 11.0. The average molecular weight is 317 g/mol. The Hall–Kier alpha value is -2.93. The SMILES string of the molecule is O=C(O)c1nc2ccc(Cl)cn2c1N=Nc1ccc(O)cc1. The van der Waals surface area contributed by atoms with E-state index in [-0.39, 0.29) is 17.3 Å². The number of pyridine rings is 1. The van der Waals surface area contributed by atoms with E-state index in [1.807, 2.05) is 0 Å². The molecule has 0 unspecified atom stereocenters. The van der Waals surface area contributed by atoms with Crippen LogP contribution in [-0.4, -0.2) is 25.6 Å². The molecule has 0 spiro atoms. The van der Waals surface area contributed by atoms with Crippen molar-refractivity contribution in [1.29, 1.82) is 0 Å². The Morgan fingerprint density at radius 3 is 2.55 bits per heavy atom. The Balaban J connectivity index is 2.11. The molecule has 22 heavy (non-hydrogen) atoms. The molecule has 0 atom stereocenters. The maximum atomic E-state index is 11.3. The van der Waals surface area contributed by atoms with Crippen molar-refractivity contribution < 1.29 is 15.0 Å². The largest absolute Gasteiger partial charge is 0.508 e. The van der Waals surface area contributed by atoms with Gasteiger partial charge in [-0.1, -0.05) is 11.6 Å². The van der Waals surface area contributed by atoms with E-state index in [1.54, 1.807) is 24.3 Å². The van der Waals surface area contributed by atoms with Crippen LogP contribution < -0.4 is 0 Å². The van der Waals surface area contributed by atoms with Gasteiger partial charge in [0.05, 0.1) is 10.7 Å². The molecular weight excluding hydrogens is 308 g/mol. The van der Waals surface area contributed by atoms with E-state index in [0.717, 1.165) is 0 Å². The second-order valence-corrected chi connectivity index (χ2v) is 4.82. The van der Waals surface area contributed by atoms with E-state index >= 15 is 0 Å². The number of carbonyl (C=O) groups is 1. The molecule has 110 valence electrons. The van der Waals surface area contributed by atoms with E-state index in [4.69, 9.17) is 11.6 Å². The average Bonchev–Trinajstić information content (AvgIpc) is 2.85. The minimum atomic E-state index is -1.21. The number of azo groups is 1. The zero-order valence-corrected chi connectivity index (χ0v) is 11.8.